The molecule has 2 atom stereocenters. The second-order valence-corrected chi connectivity index (χ2v) is 10.0. The molecule has 3 heterocycles. The number of nitrogens with two attached hydrogens (primary N) is 1. The Morgan fingerprint density at radius 2 is 2.06 bits per heavy atom. The molecule has 2 aromatic carbocycles. The Balaban J connectivity index is 1.58. The summed E-state index contributed by atoms with van der Waals surface area (Å²) in [6, 6.07) is 12.2. The zero-order valence-electron chi connectivity index (χ0n) is 20.4. The summed E-state index contributed by atoms with van der Waals surface area (Å²) in [5.74, 6) is 0.514. The van der Waals surface area contributed by atoms with Crippen LogP contribution in [0.5, 0.6) is 0 Å². The molecule has 35 heavy (non-hydrogen) atoms. The number of anilines is 2. The second-order valence-electron chi connectivity index (χ2n) is 9.58. The van der Waals surface area contributed by atoms with Crippen molar-refractivity contribution in [3.05, 3.63) is 51.8 Å². The normalized spacial score (nSPS) is 17.1. The van der Waals surface area contributed by atoms with E-state index in [0.717, 1.165) is 48.0 Å². The standard InChI is InChI=1S/C26H32ClN7O/c1-4-16(28)13-29-24-19-11-15(27)5-7-20(19)32-26(35)23(24)25-30-21-8-6-17(12-22(21)31-25)34-10-9-18(14-34)33(2)3/h5-8,11-12,16,18H,4,9-10,13-14,28H2,1-3H3,(H,30,31)(H2,29,32,35)/t16-,18?/m0/s1. The minimum absolute atomic E-state index is 0.0407. The van der Waals surface area contributed by atoms with E-state index in [4.69, 9.17) is 22.3 Å². The fraction of sp³-hybridized carbons (Fsp3) is 0.385. The molecule has 1 saturated heterocycles. The van der Waals surface area contributed by atoms with Crippen molar-refractivity contribution >= 4 is 44.9 Å². The predicted octanol–water partition coefficient (Wildman–Crippen LogP) is 4.01. The van der Waals surface area contributed by atoms with Crippen LogP contribution in [0.3, 0.4) is 0 Å². The number of rotatable bonds is 7. The third-order valence-electron chi connectivity index (χ3n) is 7.00. The van der Waals surface area contributed by atoms with Crippen LogP contribution in [-0.4, -0.2) is 65.7 Å². The lowest BCUT2D eigenvalue weighted by atomic mass is 10.1. The van der Waals surface area contributed by atoms with Gasteiger partial charge in [-0.3, -0.25) is 4.79 Å². The summed E-state index contributed by atoms with van der Waals surface area (Å²) in [4.78, 5) is 29.1. The van der Waals surface area contributed by atoms with Crippen LogP contribution in [0.15, 0.2) is 41.2 Å². The van der Waals surface area contributed by atoms with Gasteiger partial charge in [0.2, 0.25) is 0 Å². The van der Waals surface area contributed by atoms with Gasteiger partial charge in [0.05, 0.1) is 22.2 Å². The molecule has 184 valence electrons. The van der Waals surface area contributed by atoms with Gasteiger partial charge in [-0.1, -0.05) is 18.5 Å². The lowest BCUT2D eigenvalue weighted by Crippen LogP contribution is -2.31. The van der Waals surface area contributed by atoms with Crippen molar-refractivity contribution in [1.29, 1.82) is 0 Å². The second kappa shape index (κ2) is 9.53. The largest absolute Gasteiger partial charge is 0.382 e. The highest BCUT2D eigenvalue weighted by atomic mass is 35.5. The zero-order chi connectivity index (χ0) is 24.7. The van der Waals surface area contributed by atoms with Gasteiger partial charge >= 0.3 is 0 Å². The van der Waals surface area contributed by atoms with E-state index in [-0.39, 0.29) is 11.6 Å². The number of H-pyrrole nitrogens is 2. The zero-order valence-corrected chi connectivity index (χ0v) is 21.1. The third-order valence-corrected chi connectivity index (χ3v) is 7.24. The first-order chi connectivity index (χ1) is 16.8. The summed E-state index contributed by atoms with van der Waals surface area (Å²) in [6.07, 6.45) is 1.96. The number of aromatic nitrogens is 3. The molecule has 0 spiro atoms. The molecule has 0 radical (unpaired) electrons. The van der Waals surface area contributed by atoms with Crippen molar-refractivity contribution in [2.45, 2.75) is 31.8 Å². The molecule has 2 aromatic heterocycles. The number of aromatic amines is 2. The number of hydrogen-bond donors (Lipinski definition) is 4. The van der Waals surface area contributed by atoms with Gasteiger partial charge in [0, 0.05) is 47.8 Å². The van der Waals surface area contributed by atoms with Gasteiger partial charge in [-0.15, -0.1) is 0 Å². The Hall–Kier alpha value is -3.07. The highest BCUT2D eigenvalue weighted by molar-refractivity contribution is 6.31. The lowest BCUT2D eigenvalue weighted by Gasteiger charge is -2.21. The Labute approximate surface area is 209 Å². The molecular formula is C26H32ClN7O. The van der Waals surface area contributed by atoms with Gasteiger partial charge in [0.1, 0.15) is 11.4 Å². The van der Waals surface area contributed by atoms with Gasteiger partial charge < -0.3 is 30.8 Å². The molecule has 0 bridgehead atoms. The molecule has 1 unspecified atom stereocenters. The molecule has 1 aliphatic heterocycles. The van der Waals surface area contributed by atoms with Crippen molar-refractivity contribution in [2.24, 2.45) is 5.73 Å². The van der Waals surface area contributed by atoms with Gasteiger partial charge in [-0.2, -0.15) is 0 Å². The highest BCUT2D eigenvalue weighted by Gasteiger charge is 2.25. The van der Waals surface area contributed by atoms with Gasteiger partial charge in [-0.05, 0) is 63.3 Å². The highest BCUT2D eigenvalue weighted by Crippen LogP contribution is 2.33. The average molecular weight is 494 g/mol. The lowest BCUT2D eigenvalue weighted by molar-refractivity contribution is 0.315. The SMILES string of the molecule is CC[C@H](N)CNc1c(-c2nc3ccc(N4CCC(N(C)C)C4)cc3[nH]2)c(=O)[nH]c2ccc(Cl)cc12. The maximum absolute atomic E-state index is 13.3. The maximum atomic E-state index is 13.3. The van der Waals surface area contributed by atoms with Crippen molar-refractivity contribution in [1.82, 2.24) is 19.9 Å². The predicted molar refractivity (Wildman–Crippen MR) is 146 cm³/mol. The maximum Gasteiger partial charge on any atom is 0.261 e. The van der Waals surface area contributed by atoms with Crippen LogP contribution >= 0.6 is 11.6 Å². The molecule has 0 aliphatic carbocycles. The van der Waals surface area contributed by atoms with E-state index in [1.807, 2.05) is 25.1 Å². The molecule has 8 nitrogen and oxygen atoms in total. The smallest absolute Gasteiger partial charge is 0.261 e. The van der Waals surface area contributed by atoms with E-state index >= 15 is 0 Å². The Morgan fingerprint density at radius 1 is 1.23 bits per heavy atom. The quantitative estimate of drug-likeness (QED) is 0.310. The summed E-state index contributed by atoms with van der Waals surface area (Å²) < 4.78 is 0. The average Bonchev–Trinajstić information content (AvgIpc) is 3.49. The number of fused-ring (bicyclic) bond motifs is 2. The Morgan fingerprint density at radius 3 is 2.80 bits per heavy atom. The van der Waals surface area contributed by atoms with E-state index in [0.29, 0.717) is 40.2 Å². The summed E-state index contributed by atoms with van der Waals surface area (Å²) >= 11 is 6.32. The molecular weight excluding hydrogens is 462 g/mol. The van der Waals surface area contributed by atoms with E-state index < -0.39 is 0 Å². The number of benzene rings is 2. The summed E-state index contributed by atoms with van der Waals surface area (Å²) in [5.41, 5.74) is 10.7. The first kappa shape index (κ1) is 23.7. The van der Waals surface area contributed by atoms with Crippen LogP contribution in [0.2, 0.25) is 5.02 Å². The molecule has 0 saturated carbocycles. The number of pyridine rings is 1. The van der Waals surface area contributed by atoms with Crippen LogP contribution in [0.25, 0.3) is 33.3 Å². The van der Waals surface area contributed by atoms with E-state index in [2.05, 4.69) is 51.3 Å². The molecule has 5 rings (SSSR count). The summed E-state index contributed by atoms with van der Waals surface area (Å²) in [5, 5.41) is 4.83. The monoisotopic (exact) mass is 493 g/mol. The minimum Gasteiger partial charge on any atom is -0.382 e. The molecule has 5 N–H and O–H groups in total. The number of imidazole rings is 1. The molecule has 9 heteroatoms. The van der Waals surface area contributed by atoms with Crippen LogP contribution in [0, 0.1) is 0 Å². The van der Waals surface area contributed by atoms with Gasteiger partial charge in [-0.25, -0.2) is 4.98 Å². The number of hydrogen-bond acceptors (Lipinski definition) is 6. The van der Waals surface area contributed by atoms with Crippen molar-refractivity contribution < 1.29 is 0 Å². The number of nitrogens with zero attached hydrogens (tertiary/aromatic N) is 3. The van der Waals surface area contributed by atoms with Crippen molar-refractivity contribution in [3.8, 4) is 11.4 Å². The number of nitrogens with one attached hydrogen (secondary N) is 3. The van der Waals surface area contributed by atoms with E-state index in [1.165, 1.54) is 0 Å². The molecule has 0 amide bonds. The summed E-state index contributed by atoms with van der Waals surface area (Å²) in [6.45, 7) is 4.58. The topological polar surface area (TPSA) is 106 Å². The van der Waals surface area contributed by atoms with Crippen LogP contribution in [0.4, 0.5) is 11.4 Å². The molecule has 4 aromatic rings. The van der Waals surface area contributed by atoms with Crippen molar-refractivity contribution in [3.63, 3.8) is 0 Å². The fourth-order valence-electron chi connectivity index (χ4n) is 4.76. The molecule has 1 fully saturated rings. The number of halogens is 1. The van der Waals surface area contributed by atoms with Crippen LogP contribution < -0.4 is 21.5 Å². The molecule has 1 aliphatic rings. The Kier molecular flexibility index (Phi) is 6.44. The first-order valence-electron chi connectivity index (χ1n) is 12.1. The fourth-order valence-corrected chi connectivity index (χ4v) is 4.94. The van der Waals surface area contributed by atoms with E-state index in [1.54, 1.807) is 6.07 Å². The van der Waals surface area contributed by atoms with Crippen molar-refractivity contribution in [2.75, 3.05) is 43.9 Å². The Bertz CT molecular complexity index is 1430. The third kappa shape index (κ3) is 4.61. The summed E-state index contributed by atoms with van der Waals surface area (Å²) in [7, 11) is 4.26. The van der Waals surface area contributed by atoms with Gasteiger partial charge in [0.15, 0.2) is 0 Å². The van der Waals surface area contributed by atoms with Gasteiger partial charge in [0.25, 0.3) is 5.56 Å². The minimum atomic E-state index is -0.222. The van der Waals surface area contributed by atoms with Crippen LogP contribution in [-0.2, 0) is 0 Å². The number of likely N-dealkylation sites (N-methyl/N-ethyl adjacent to an activating group) is 1. The van der Waals surface area contributed by atoms with E-state index in [9.17, 15) is 4.79 Å². The first-order valence-corrected chi connectivity index (χ1v) is 12.5. The van der Waals surface area contributed by atoms with Crippen LogP contribution in [0.1, 0.15) is 19.8 Å².